The highest BCUT2D eigenvalue weighted by Gasteiger charge is 2.11. The van der Waals surface area contributed by atoms with Crippen molar-refractivity contribution in [2.45, 2.75) is 13.0 Å². The summed E-state index contributed by atoms with van der Waals surface area (Å²) in [7, 11) is 1.79. The van der Waals surface area contributed by atoms with E-state index < -0.39 is 0 Å². The van der Waals surface area contributed by atoms with Gasteiger partial charge in [0.1, 0.15) is 5.82 Å². The lowest BCUT2D eigenvalue weighted by atomic mass is 10.3. The molecule has 0 spiro atoms. The van der Waals surface area contributed by atoms with Crippen LogP contribution in [0, 0.1) is 5.82 Å². The summed E-state index contributed by atoms with van der Waals surface area (Å²) in [4.78, 5) is 11.7. The third kappa shape index (κ3) is 2.17. The smallest absolute Gasteiger partial charge is 0.298 e. The van der Waals surface area contributed by atoms with E-state index >= 15 is 0 Å². The van der Waals surface area contributed by atoms with Crippen molar-refractivity contribution < 1.29 is 4.39 Å². The highest BCUT2D eigenvalue weighted by atomic mass is 32.1. The van der Waals surface area contributed by atoms with Gasteiger partial charge in [0.2, 0.25) is 0 Å². The molecule has 0 radical (unpaired) electrons. The van der Waals surface area contributed by atoms with Crippen molar-refractivity contribution in [1.29, 1.82) is 0 Å². The minimum absolute atomic E-state index is 0.149. The molecule has 2 aromatic heterocycles. The van der Waals surface area contributed by atoms with Crippen LogP contribution in [0.15, 0.2) is 29.2 Å². The third-order valence-electron chi connectivity index (χ3n) is 2.89. The molecular weight excluding hydrogens is 267 g/mol. The minimum Gasteiger partial charge on any atom is -0.298 e. The molecule has 0 N–H and O–H groups in total. The van der Waals surface area contributed by atoms with Gasteiger partial charge in [0.05, 0.1) is 15.9 Å². The van der Waals surface area contributed by atoms with Crippen LogP contribution in [0.1, 0.15) is 5.69 Å². The van der Waals surface area contributed by atoms with Gasteiger partial charge in [0.15, 0.2) is 0 Å². The summed E-state index contributed by atoms with van der Waals surface area (Å²) < 4.78 is 17.2. The highest BCUT2D eigenvalue weighted by Crippen LogP contribution is 2.20. The van der Waals surface area contributed by atoms with Gasteiger partial charge < -0.3 is 0 Å². The lowest BCUT2D eigenvalue weighted by molar-refractivity contribution is 0.640. The molecule has 0 atom stereocenters. The second-order valence-electron chi connectivity index (χ2n) is 4.24. The molecule has 1 aromatic carbocycles. The van der Waals surface area contributed by atoms with Crippen molar-refractivity contribution in [2.75, 3.05) is 0 Å². The average Bonchev–Trinajstić information content (AvgIpc) is 2.92. The van der Waals surface area contributed by atoms with Gasteiger partial charge in [-0.15, -0.1) is 5.10 Å². The van der Waals surface area contributed by atoms with Crippen LogP contribution >= 0.6 is 11.3 Å². The zero-order chi connectivity index (χ0) is 13.4. The molecule has 98 valence electrons. The van der Waals surface area contributed by atoms with Gasteiger partial charge in [-0.1, -0.05) is 22.6 Å². The standard InChI is InChI=1S/C12H11FN4OS/c1-16-7-8(14-15-16)5-6-17-10-4-2-3-9(13)11(10)19-12(17)18/h2-4,7H,5-6H2,1H3. The Morgan fingerprint density at radius 1 is 1.42 bits per heavy atom. The summed E-state index contributed by atoms with van der Waals surface area (Å²) in [6, 6.07) is 4.74. The fourth-order valence-electron chi connectivity index (χ4n) is 2.00. The zero-order valence-electron chi connectivity index (χ0n) is 10.2. The fraction of sp³-hybridized carbons (Fsp3) is 0.250. The quantitative estimate of drug-likeness (QED) is 0.731. The molecular formula is C12H11FN4OS. The predicted octanol–water partition coefficient (Wildman–Crippen LogP) is 1.57. The van der Waals surface area contributed by atoms with Crippen LogP contribution in [0.2, 0.25) is 0 Å². The van der Waals surface area contributed by atoms with Gasteiger partial charge in [0, 0.05) is 26.2 Å². The number of hydrogen-bond donors (Lipinski definition) is 0. The largest absolute Gasteiger partial charge is 0.308 e. The third-order valence-corrected chi connectivity index (χ3v) is 3.89. The van der Waals surface area contributed by atoms with Crippen LogP contribution < -0.4 is 4.87 Å². The zero-order valence-corrected chi connectivity index (χ0v) is 11.0. The summed E-state index contributed by atoms with van der Waals surface area (Å²) in [6.45, 7) is 0.473. The average molecular weight is 278 g/mol. The van der Waals surface area contributed by atoms with Gasteiger partial charge >= 0.3 is 4.87 Å². The normalized spacial score (nSPS) is 11.3. The number of aryl methyl sites for hydroxylation is 3. The topological polar surface area (TPSA) is 52.7 Å². The predicted molar refractivity (Wildman–Crippen MR) is 70.8 cm³/mol. The Balaban J connectivity index is 1.95. The second kappa shape index (κ2) is 4.58. The maximum absolute atomic E-state index is 13.6. The Labute approximate surface area is 111 Å². The van der Waals surface area contributed by atoms with E-state index in [1.165, 1.54) is 6.07 Å². The van der Waals surface area contributed by atoms with Crippen molar-refractivity contribution in [3.05, 3.63) is 45.6 Å². The van der Waals surface area contributed by atoms with Crippen LogP contribution in [0.25, 0.3) is 10.2 Å². The number of thiazole rings is 1. The first-order chi connectivity index (χ1) is 9.15. The van der Waals surface area contributed by atoms with Crippen molar-refractivity contribution in [3.63, 3.8) is 0 Å². The van der Waals surface area contributed by atoms with E-state index in [0.717, 1.165) is 17.0 Å². The Bertz CT molecular complexity index is 788. The van der Waals surface area contributed by atoms with E-state index in [1.54, 1.807) is 34.6 Å². The van der Waals surface area contributed by atoms with Crippen LogP contribution in [0.4, 0.5) is 4.39 Å². The Morgan fingerprint density at radius 2 is 2.26 bits per heavy atom. The molecule has 7 heteroatoms. The lowest BCUT2D eigenvalue weighted by Gasteiger charge is -2.01. The van der Waals surface area contributed by atoms with E-state index in [-0.39, 0.29) is 10.7 Å². The van der Waals surface area contributed by atoms with Gasteiger partial charge in [-0.2, -0.15) is 0 Å². The number of aromatic nitrogens is 4. The van der Waals surface area contributed by atoms with Crippen LogP contribution in [0.3, 0.4) is 0 Å². The van der Waals surface area contributed by atoms with Gasteiger partial charge in [-0.05, 0) is 12.1 Å². The Morgan fingerprint density at radius 3 is 3.00 bits per heavy atom. The molecule has 2 heterocycles. The summed E-state index contributed by atoms with van der Waals surface area (Å²) in [5.74, 6) is -0.349. The number of hydrogen-bond acceptors (Lipinski definition) is 4. The van der Waals surface area contributed by atoms with E-state index in [1.807, 2.05) is 0 Å². The molecule has 0 bridgehead atoms. The summed E-state index contributed by atoms with van der Waals surface area (Å²) >= 11 is 0.937. The van der Waals surface area contributed by atoms with Gasteiger partial charge in [-0.25, -0.2) is 4.39 Å². The van der Waals surface area contributed by atoms with Crippen molar-refractivity contribution in [2.24, 2.45) is 7.05 Å². The monoisotopic (exact) mass is 278 g/mol. The maximum atomic E-state index is 13.6. The number of fused-ring (bicyclic) bond motifs is 1. The van der Waals surface area contributed by atoms with Crippen molar-refractivity contribution >= 4 is 21.6 Å². The number of nitrogens with zero attached hydrogens (tertiary/aromatic N) is 4. The molecule has 5 nitrogen and oxygen atoms in total. The Kier molecular flexibility index (Phi) is 2.90. The second-order valence-corrected chi connectivity index (χ2v) is 5.20. The van der Waals surface area contributed by atoms with Crippen LogP contribution in [-0.2, 0) is 20.0 Å². The molecule has 0 amide bonds. The molecule has 3 rings (SSSR count). The number of benzene rings is 1. The van der Waals surface area contributed by atoms with E-state index in [0.29, 0.717) is 23.2 Å². The molecule has 0 aliphatic rings. The van der Waals surface area contributed by atoms with Gasteiger partial charge in [0.25, 0.3) is 0 Å². The number of rotatable bonds is 3. The first kappa shape index (κ1) is 12.0. The molecule has 0 saturated carbocycles. The Hall–Kier alpha value is -2.02. The number of halogens is 1. The molecule has 0 aliphatic carbocycles. The van der Waals surface area contributed by atoms with Gasteiger partial charge in [-0.3, -0.25) is 14.0 Å². The summed E-state index contributed by atoms with van der Waals surface area (Å²) in [5, 5.41) is 7.81. The van der Waals surface area contributed by atoms with Crippen LogP contribution in [0.5, 0.6) is 0 Å². The van der Waals surface area contributed by atoms with E-state index in [9.17, 15) is 9.18 Å². The molecule has 0 saturated heterocycles. The molecule has 0 unspecified atom stereocenters. The summed E-state index contributed by atoms with van der Waals surface area (Å²) in [5.41, 5.74) is 1.45. The minimum atomic E-state index is -0.349. The van der Waals surface area contributed by atoms with Crippen LogP contribution in [-0.4, -0.2) is 19.6 Å². The highest BCUT2D eigenvalue weighted by molar-refractivity contribution is 7.16. The molecule has 0 aliphatic heterocycles. The fourth-order valence-corrected chi connectivity index (χ4v) is 2.92. The van der Waals surface area contributed by atoms with E-state index in [2.05, 4.69) is 10.3 Å². The van der Waals surface area contributed by atoms with E-state index in [4.69, 9.17) is 0 Å². The lowest BCUT2D eigenvalue weighted by Crippen LogP contribution is -2.14. The van der Waals surface area contributed by atoms with Crippen molar-refractivity contribution in [1.82, 2.24) is 19.6 Å². The first-order valence-corrected chi connectivity index (χ1v) is 6.60. The molecule has 3 aromatic rings. The maximum Gasteiger partial charge on any atom is 0.308 e. The molecule has 19 heavy (non-hydrogen) atoms. The van der Waals surface area contributed by atoms with Crippen molar-refractivity contribution in [3.8, 4) is 0 Å². The summed E-state index contributed by atoms with van der Waals surface area (Å²) in [6.07, 6.45) is 2.40. The SMILES string of the molecule is Cn1cc(CCn2c(=O)sc3c(F)cccc32)nn1. The first-order valence-electron chi connectivity index (χ1n) is 5.78. The molecule has 0 fully saturated rings.